The molecule has 0 aromatic carbocycles. The average Bonchev–Trinajstić information content (AvgIpc) is 2.94. The van der Waals surface area contributed by atoms with Crippen LogP contribution in [-0.2, 0) is 7.05 Å². The monoisotopic (exact) mass is 263 g/mol. The van der Waals surface area contributed by atoms with E-state index in [4.69, 9.17) is 0 Å². The van der Waals surface area contributed by atoms with Crippen LogP contribution in [0.5, 0.6) is 0 Å². The molecule has 106 valence electrons. The Hall–Kier alpha value is -1.09. The van der Waals surface area contributed by atoms with Gasteiger partial charge in [0.25, 0.3) is 0 Å². The van der Waals surface area contributed by atoms with E-state index in [1.54, 1.807) is 0 Å². The molecule has 0 saturated heterocycles. The summed E-state index contributed by atoms with van der Waals surface area (Å²) in [4.78, 5) is 12.6. The number of aryl methyl sites for hydroxylation is 1. The highest BCUT2D eigenvalue weighted by molar-refractivity contribution is 5.98. The molecule has 1 aromatic rings. The molecule has 1 aliphatic carbocycles. The van der Waals surface area contributed by atoms with Gasteiger partial charge in [0, 0.05) is 24.0 Å². The molecule has 0 unspecified atom stereocenters. The number of rotatable bonds is 4. The molecular weight excluding hydrogens is 236 g/mol. The maximum absolute atomic E-state index is 12.6. The molecule has 0 amide bonds. The minimum Gasteiger partial charge on any atom is -0.351 e. The zero-order valence-electron chi connectivity index (χ0n) is 13.0. The summed E-state index contributed by atoms with van der Waals surface area (Å²) in [6.07, 6.45) is 5.19. The molecule has 0 radical (unpaired) electrons. The number of hydrogen-bond donors (Lipinski definition) is 0. The molecule has 0 N–H and O–H groups in total. The molecule has 3 heteroatoms. The Morgan fingerprint density at radius 2 is 1.89 bits per heavy atom. The largest absolute Gasteiger partial charge is 0.351 e. The number of Topliss-reactive ketones (excluding diaryl/α,β-unsaturated/α-hetero) is 1. The lowest BCUT2D eigenvalue weighted by atomic mass is 10.1. The second-order valence-electron chi connectivity index (χ2n) is 6.64. The van der Waals surface area contributed by atoms with E-state index in [2.05, 4.69) is 25.6 Å². The summed E-state index contributed by atoms with van der Waals surface area (Å²) in [5, 5.41) is 0. The smallest absolute Gasteiger partial charge is 0.218 e. The van der Waals surface area contributed by atoms with Crippen LogP contribution in [0.25, 0.3) is 0 Å². The highest BCUT2D eigenvalue weighted by Gasteiger charge is 2.33. The van der Waals surface area contributed by atoms with E-state index in [0.717, 1.165) is 21.4 Å². The van der Waals surface area contributed by atoms with Crippen LogP contribution in [0.1, 0.15) is 47.4 Å². The van der Waals surface area contributed by atoms with E-state index in [1.807, 2.05) is 20.0 Å². The molecule has 0 aliphatic heterocycles. The Kier molecular flexibility index (Phi) is 3.86. The topological polar surface area (TPSA) is 22.0 Å². The van der Waals surface area contributed by atoms with Crippen LogP contribution < -0.4 is 0 Å². The first-order valence-corrected chi connectivity index (χ1v) is 7.31. The molecule has 19 heavy (non-hydrogen) atoms. The second kappa shape index (κ2) is 5.12. The van der Waals surface area contributed by atoms with Crippen LogP contribution in [0.4, 0.5) is 0 Å². The van der Waals surface area contributed by atoms with Crippen molar-refractivity contribution in [1.82, 2.24) is 4.57 Å². The summed E-state index contributed by atoms with van der Waals surface area (Å²) in [5.41, 5.74) is 3.16. The molecule has 1 saturated carbocycles. The van der Waals surface area contributed by atoms with Crippen molar-refractivity contribution < 1.29 is 9.28 Å². The van der Waals surface area contributed by atoms with Crippen molar-refractivity contribution in [3.63, 3.8) is 0 Å². The van der Waals surface area contributed by atoms with Crippen LogP contribution in [0, 0.1) is 13.8 Å². The summed E-state index contributed by atoms with van der Waals surface area (Å²) < 4.78 is 2.94. The number of ketones is 1. The first kappa shape index (κ1) is 14.3. The molecule has 3 nitrogen and oxygen atoms in total. The van der Waals surface area contributed by atoms with Crippen LogP contribution in [-0.4, -0.2) is 41.5 Å². The van der Waals surface area contributed by atoms with Gasteiger partial charge in [-0.15, -0.1) is 0 Å². The van der Waals surface area contributed by atoms with Crippen LogP contribution >= 0.6 is 0 Å². The van der Waals surface area contributed by atoms with Gasteiger partial charge in [-0.05, 0) is 45.6 Å². The van der Waals surface area contributed by atoms with Gasteiger partial charge in [-0.1, -0.05) is 0 Å². The van der Waals surface area contributed by atoms with Crippen molar-refractivity contribution >= 4 is 5.78 Å². The van der Waals surface area contributed by atoms with Crippen molar-refractivity contribution in [3.05, 3.63) is 23.0 Å². The molecule has 1 heterocycles. The minimum absolute atomic E-state index is 0.290. The van der Waals surface area contributed by atoms with Crippen LogP contribution in [0.3, 0.4) is 0 Å². The van der Waals surface area contributed by atoms with E-state index in [1.165, 1.54) is 25.7 Å². The maximum atomic E-state index is 12.6. The number of carbonyl (C=O) groups is 1. The second-order valence-corrected chi connectivity index (χ2v) is 6.64. The Morgan fingerprint density at radius 1 is 1.32 bits per heavy atom. The van der Waals surface area contributed by atoms with E-state index >= 15 is 0 Å². The Morgan fingerprint density at radius 3 is 2.37 bits per heavy atom. The Balaban J connectivity index is 2.14. The van der Waals surface area contributed by atoms with Gasteiger partial charge in [0.1, 0.15) is 6.54 Å². The van der Waals surface area contributed by atoms with Gasteiger partial charge in [0.05, 0.1) is 20.1 Å². The SMILES string of the molecule is Cc1cc(C(=O)C[N+](C)(C)C2CCCC2)c(C)n1C. The van der Waals surface area contributed by atoms with Crippen molar-refractivity contribution in [2.75, 3.05) is 20.6 Å². The molecule has 0 spiro atoms. The van der Waals surface area contributed by atoms with Gasteiger partial charge >= 0.3 is 0 Å². The Labute approximate surface area is 116 Å². The van der Waals surface area contributed by atoms with Crippen molar-refractivity contribution in [1.29, 1.82) is 0 Å². The van der Waals surface area contributed by atoms with Crippen LogP contribution in [0.2, 0.25) is 0 Å². The summed E-state index contributed by atoms with van der Waals surface area (Å²) >= 11 is 0. The number of aromatic nitrogens is 1. The van der Waals surface area contributed by atoms with Crippen molar-refractivity contribution in [2.45, 2.75) is 45.6 Å². The summed E-state index contributed by atoms with van der Waals surface area (Å²) in [7, 11) is 6.44. The summed E-state index contributed by atoms with van der Waals surface area (Å²) in [6, 6.07) is 2.70. The predicted molar refractivity (Wildman–Crippen MR) is 78.4 cm³/mol. The zero-order chi connectivity index (χ0) is 14.2. The van der Waals surface area contributed by atoms with Gasteiger partial charge in [-0.2, -0.15) is 0 Å². The fraction of sp³-hybridized carbons (Fsp3) is 0.688. The van der Waals surface area contributed by atoms with E-state index in [-0.39, 0.29) is 5.78 Å². The number of likely N-dealkylation sites (N-methyl/N-ethyl adjacent to an activating group) is 1. The fourth-order valence-electron chi connectivity index (χ4n) is 3.33. The molecule has 0 bridgehead atoms. The first-order chi connectivity index (χ1) is 8.83. The lowest BCUT2D eigenvalue weighted by molar-refractivity contribution is -0.906. The highest BCUT2D eigenvalue weighted by atomic mass is 16.1. The average molecular weight is 263 g/mol. The fourth-order valence-corrected chi connectivity index (χ4v) is 3.33. The molecule has 1 aromatic heterocycles. The summed E-state index contributed by atoms with van der Waals surface area (Å²) in [6.45, 7) is 4.71. The minimum atomic E-state index is 0.290. The van der Waals surface area contributed by atoms with E-state index in [9.17, 15) is 4.79 Å². The molecular formula is C16H27N2O+. The number of hydrogen-bond acceptors (Lipinski definition) is 1. The first-order valence-electron chi connectivity index (χ1n) is 7.31. The highest BCUT2D eigenvalue weighted by Crippen LogP contribution is 2.27. The third-order valence-electron chi connectivity index (χ3n) is 4.94. The maximum Gasteiger partial charge on any atom is 0.218 e. The van der Waals surface area contributed by atoms with Crippen molar-refractivity contribution in [3.8, 4) is 0 Å². The van der Waals surface area contributed by atoms with Gasteiger partial charge in [0.2, 0.25) is 5.78 Å². The molecule has 1 fully saturated rings. The lowest BCUT2D eigenvalue weighted by Crippen LogP contribution is -2.50. The quantitative estimate of drug-likeness (QED) is 0.605. The third-order valence-corrected chi connectivity index (χ3v) is 4.94. The van der Waals surface area contributed by atoms with Gasteiger partial charge < -0.3 is 9.05 Å². The number of quaternary nitrogens is 1. The zero-order valence-corrected chi connectivity index (χ0v) is 13.0. The van der Waals surface area contributed by atoms with Crippen LogP contribution in [0.15, 0.2) is 6.07 Å². The predicted octanol–water partition coefficient (Wildman–Crippen LogP) is 2.84. The summed E-state index contributed by atoms with van der Waals surface area (Å²) in [5.74, 6) is 0.290. The molecule has 1 aliphatic rings. The van der Waals surface area contributed by atoms with E-state index < -0.39 is 0 Å². The normalized spacial score (nSPS) is 17.1. The number of carbonyl (C=O) groups excluding carboxylic acids is 1. The Bertz CT molecular complexity index is 479. The molecule has 0 atom stereocenters. The van der Waals surface area contributed by atoms with Gasteiger partial charge in [0.15, 0.2) is 0 Å². The van der Waals surface area contributed by atoms with Gasteiger partial charge in [-0.25, -0.2) is 0 Å². The number of nitrogens with zero attached hydrogens (tertiary/aromatic N) is 2. The van der Waals surface area contributed by atoms with Gasteiger partial charge in [-0.3, -0.25) is 4.79 Å². The standard InChI is InChI=1S/C16H27N2O/c1-12-10-15(13(2)17(12)3)16(19)11-18(4,5)14-8-6-7-9-14/h10,14H,6-9,11H2,1-5H3/q+1. The van der Waals surface area contributed by atoms with E-state index in [0.29, 0.717) is 12.6 Å². The third kappa shape index (κ3) is 2.76. The lowest BCUT2D eigenvalue weighted by Gasteiger charge is -2.35. The molecule has 2 rings (SSSR count). The van der Waals surface area contributed by atoms with Crippen molar-refractivity contribution in [2.24, 2.45) is 7.05 Å².